The fourth-order valence-corrected chi connectivity index (χ4v) is 3.48. The second-order valence-electron chi connectivity index (χ2n) is 5.94. The van der Waals surface area contributed by atoms with Crippen molar-refractivity contribution in [2.45, 2.75) is 44.2 Å². The van der Waals surface area contributed by atoms with Crippen LogP contribution in [0.5, 0.6) is 0 Å². The molecule has 0 spiro atoms. The molecule has 1 aromatic carbocycles. The number of hydrogen-bond donors (Lipinski definition) is 1. The molecule has 122 valence electrons. The Bertz CT molecular complexity index is 595. The zero-order chi connectivity index (χ0) is 16.2. The lowest BCUT2D eigenvalue weighted by Gasteiger charge is -2.29. The number of carbonyl (C=O) groups is 1. The van der Waals surface area contributed by atoms with Gasteiger partial charge in [-0.05, 0) is 18.4 Å². The van der Waals surface area contributed by atoms with Gasteiger partial charge in [0.25, 0.3) is 0 Å². The van der Waals surface area contributed by atoms with Gasteiger partial charge in [-0.3, -0.25) is 4.79 Å². The first-order chi connectivity index (χ1) is 10.4. The van der Waals surface area contributed by atoms with E-state index in [9.17, 15) is 13.2 Å². The molecule has 1 N–H and O–H groups in total. The molecular formula is C16H24N2O3S. The lowest BCUT2D eigenvalue weighted by Crippen LogP contribution is -2.45. The predicted octanol–water partition coefficient (Wildman–Crippen LogP) is 2.07. The molecule has 0 bridgehead atoms. The average Bonchev–Trinajstić information content (AvgIpc) is 2.48. The molecule has 0 radical (unpaired) electrons. The second-order valence-corrected chi connectivity index (χ2v) is 7.98. The quantitative estimate of drug-likeness (QED) is 0.901. The van der Waals surface area contributed by atoms with Crippen LogP contribution >= 0.6 is 0 Å². The molecule has 1 saturated carbocycles. The third kappa shape index (κ3) is 4.30. The van der Waals surface area contributed by atoms with Crippen molar-refractivity contribution < 1.29 is 13.2 Å². The van der Waals surface area contributed by atoms with Crippen LogP contribution in [0.1, 0.15) is 43.7 Å². The largest absolute Gasteiger partial charge is 0.352 e. The molecule has 0 heterocycles. The van der Waals surface area contributed by atoms with Gasteiger partial charge in [-0.25, -0.2) is 8.42 Å². The van der Waals surface area contributed by atoms with Crippen molar-refractivity contribution >= 4 is 15.9 Å². The van der Waals surface area contributed by atoms with Gasteiger partial charge < -0.3 is 5.32 Å². The Kier molecular flexibility index (Phi) is 5.58. The number of benzene rings is 1. The van der Waals surface area contributed by atoms with Gasteiger partial charge in [0, 0.05) is 13.1 Å². The molecule has 0 aromatic heterocycles. The maximum atomic E-state index is 12.7. The first kappa shape index (κ1) is 17.0. The topological polar surface area (TPSA) is 66.5 Å². The standard InChI is InChI=1S/C16H24N2O3S/c1-18(22(2,20)21)15(13-9-5-3-6-10-13)16(19)17-14-11-7-4-8-12-14/h3,5-6,9-10,14-15H,4,7-8,11-12H2,1-2H3,(H,17,19). The minimum atomic E-state index is -3.46. The number of sulfonamides is 1. The van der Waals surface area contributed by atoms with E-state index in [0.717, 1.165) is 36.2 Å². The number of rotatable bonds is 5. The normalized spacial score (nSPS) is 18.1. The molecule has 1 aliphatic rings. The van der Waals surface area contributed by atoms with E-state index < -0.39 is 16.1 Å². The van der Waals surface area contributed by atoms with E-state index in [1.165, 1.54) is 13.5 Å². The van der Waals surface area contributed by atoms with Gasteiger partial charge in [-0.1, -0.05) is 49.6 Å². The SMILES string of the molecule is CN(C(C(=O)NC1CCCCC1)c1ccccc1)S(C)(=O)=O. The first-order valence-electron chi connectivity index (χ1n) is 7.68. The van der Waals surface area contributed by atoms with E-state index in [-0.39, 0.29) is 11.9 Å². The van der Waals surface area contributed by atoms with Crippen molar-refractivity contribution in [3.05, 3.63) is 35.9 Å². The average molecular weight is 324 g/mol. The summed E-state index contributed by atoms with van der Waals surface area (Å²) in [5, 5.41) is 3.03. The highest BCUT2D eigenvalue weighted by Gasteiger charge is 2.31. The van der Waals surface area contributed by atoms with Crippen LogP contribution < -0.4 is 5.32 Å². The highest BCUT2D eigenvalue weighted by atomic mass is 32.2. The summed E-state index contributed by atoms with van der Waals surface area (Å²) in [4.78, 5) is 12.7. The third-order valence-corrected chi connectivity index (χ3v) is 5.46. The molecule has 22 heavy (non-hydrogen) atoms. The molecule has 1 aromatic rings. The van der Waals surface area contributed by atoms with Gasteiger partial charge >= 0.3 is 0 Å². The van der Waals surface area contributed by atoms with Crippen LogP contribution in [-0.2, 0) is 14.8 Å². The maximum absolute atomic E-state index is 12.7. The lowest BCUT2D eigenvalue weighted by molar-refractivity contribution is -0.125. The van der Waals surface area contributed by atoms with Gasteiger partial charge in [-0.15, -0.1) is 0 Å². The molecule has 1 atom stereocenters. The van der Waals surface area contributed by atoms with Crippen molar-refractivity contribution in [3.63, 3.8) is 0 Å². The van der Waals surface area contributed by atoms with E-state index in [0.29, 0.717) is 5.56 Å². The van der Waals surface area contributed by atoms with Crippen molar-refractivity contribution in [2.24, 2.45) is 0 Å². The number of hydrogen-bond acceptors (Lipinski definition) is 3. The van der Waals surface area contributed by atoms with E-state index >= 15 is 0 Å². The summed E-state index contributed by atoms with van der Waals surface area (Å²) >= 11 is 0. The smallest absolute Gasteiger partial charge is 0.243 e. The Labute approximate surface area is 132 Å². The van der Waals surface area contributed by atoms with Gasteiger partial charge in [0.1, 0.15) is 6.04 Å². The van der Waals surface area contributed by atoms with Crippen LogP contribution in [0.3, 0.4) is 0 Å². The zero-order valence-electron chi connectivity index (χ0n) is 13.2. The Morgan fingerprint density at radius 1 is 1.18 bits per heavy atom. The fraction of sp³-hybridized carbons (Fsp3) is 0.562. The van der Waals surface area contributed by atoms with Crippen LogP contribution in [0, 0.1) is 0 Å². The number of nitrogens with one attached hydrogen (secondary N) is 1. The summed E-state index contributed by atoms with van der Waals surface area (Å²) < 4.78 is 24.9. The molecule has 1 amide bonds. The Balaban J connectivity index is 2.22. The first-order valence-corrected chi connectivity index (χ1v) is 9.53. The lowest BCUT2D eigenvalue weighted by atomic mass is 9.95. The van der Waals surface area contributed by atoms with Crippen molar-refractivity contribution in [1.29, 1.82) is 0 Å². The molecular weight excluding hydrogens is 300 g/mol. The van der Waals surface area contributed by atoms with E-state index in [1.54, 1.807) is 12.1 Å². The summed E-state index contributed by atoms with van der Waals surface area (Å²) in [5.74, 6) is -0.244. The molecule has 2 rings (SSSR count). The van der Waals surface area contributed by atoms with Gasteiger partial charge in [-0.2, -0.15) is 4.31 Å². The van der Waals surface area contributed by atoms with Crippen LogP contribution in [-0.4, -0.2) is 38.0 Å². The summed E-state index contributed by atoms with van der Waals surface area (Å²) in [7, 11) is -2.01. The number of carbonyl (C=O) groups excluding carboxylic acids is 1. The number of amides is 1. The number of nitrogens with zero attached hydrogens (tertiary/aromatic N) is 1. The minimum absolute atomic E-state index is 0.153. The molecule has 5 nitrogen and oxygen atoms in total. The van der Waals surface area contributed by atoms with Crippen LogP contribution in [0.4, 0.5) is 0 Å². The van der Waals surface area contributed by atoms with E-state index in [2.05, 4.69) is 5.32 Å². The predicted molar refractivity (Wildman–Crippen MR) is 86.8 cm³/mol. The molecule has 0 aliphatic heterocycles. The minimum Gasteiger partial charge on any atom is -0.352 e. The van der Waals surface area contributed by atoms with E-state index in [1.807, 2.05) is 18.2 Å². The van der Waals surface area contributed by atoms with Crippen LogP contribution in [0.2, 0.25) is 0 Å². The van der Waals surface area contributed by atoms with Crippen molar-refractivity contribution in [2.75, 3.05) is 13.3 Å². The van der Waals surface area contributed by atoms with Crippen LogP contribution in [0.25, 0.3) is 0 Å². The van der Waals surface area contributed by atoms with E-state index in [4.69, 9.17) is 0 Å². The van der Waals surface area contributed by atoms with Gasteiger partial charge in [0.05, 0.1) is 6.26 Å². The monoisotopic (exact) mass is 324 g/mol. The summed E-state index contributed by atoms with van der Waals surface area (Å²) in [6.45, 7) is 0. The Hall–Kier alpha value is -1.40. The summed E-state index contributed by atoms with van der Waals surface area (Å²) in [6, 6.07) is 8.37. The van der Waals surface area contributed by atoms with Crippen molar-refractivity contribution in [3.8, 4) is 0 Å². The molecule has 1 aliphatic carbocycles. The molecule has 1 fully saturated rings. The third-order valence-electron chi connectivity index (χ3n) is 4.20. The van der Waals surface area contributed by atoms with Crippen LogP contribution in [0.15, 0.2) is 30.3 Å². The second kappa shape index (κ2) is 7.24. The summed E-state index contributed by atoms with van der Waals surface area (Å²) in [6.07, 6.45) is 6.49. The molecule has 1 unspecified atom stereocenters. The summed E-state index contributed by atoms with van der Waals surface area (Å²) in [5.41, 5.74) is 0.684. The highest BCUT2D eigenvalue weighted by molar-refractivity contribution is 7.88. The van der Waals surface area contributed by atoms with Crippen molar-refractivity contribution in [1.82, 2.24) is 9.62 Å². The zero-order valence-corrected chi connectivity index (χ0v) is 14.0. The fourth-order valence-electron chi connectivity index (χ4n) is 2.88. The van der Waals surface area contributed by atoms with Gasteiger partial charge in [0.2, 0.25) is 15.9 Å². The molecule has 0 saturated heterocycles. The molecule has 6 heteroatoms. The maximum Gasteiger partial charge on any atom is 0.243 e. The highest BCUT2D eigenvalue weighted by Crippen LogP contribution is 2.24. The van der Waals surface area contributed by atoms with Gasteiger partial charge in [0.15, 0.2) is 0 Å². The Morgan fingerprint density at radius 3 is 2.32 bits per heavy atom. The Morgan fingerprint density at radius 2 is 1.77 bits per heavy atom. The number of likely N-dealkylation sites (N-methyl/N-ethyl adjacent to an activating group) is 1.